The molecule has 0 heterocycles. The first kappa shape index (κ1) is 17.1. The molecule has 0 saturated heterocycles. The van der Waals surface area contributed by atoms with Gasteiger partial charge in [0, 0.05) is 0 Å². The maximum atomic E-state index is 12.2. The van der Waals surface area contributed by atoms with Crippen molar-refractivity contribution >= 4 is 22.0 Å². The van der Waals surface area contributed by atoms with Crippen molar-refractivity contribution in [3.05, 3.63) is 29.3 Å². The van der Waals surface area contributed by atoms with Gasteiger partial charge in [0.05, 0.1) is 17.1 Å². The number of carbonyl (C=O) groups is 2. The van der Waals surface area contributed by atoms with Crippen LogP contribution in [0.4, 0.5) is 0 Å². The van der Waals surface area contributed by atoms with Crippen LogP contribution in [0, 0.1) is 0 Å². The molecule has 0 aliphatic heterocycles. The number of hydrogen-bond acceptors (Lipinski definition) is 5. The fourth-order valence-electron chi connectivity index (χ4n) is 1.67. The Morgan fingerprint density at radius 1 is 1.29 bits per heavy atom. The van der Waals surface area contributed by atoms with Crippen molar-refractivity contribution in [1.29, 1.82) is 0 Å². The lowest BCUT2D eigenvalue weighted by atomic mass is 10.1. The first-order valence-corrected chi connectivity index (χ1v) is 7.81. The molecule has 0 aromatic heterocycles. The van der Waals surface area contributed by atoms with Crippen molar-refractivity contribution in [3.8, 4) is 0 Å². The lowest BCUT2D eigenvalue weighted by Crippen LogP contribution is -2.31. The van der Waals surface area contributed by atoms with E-state index in [1.54, 1.807) is 13.8 Å². The Kier molecular flexibility index (Phi) is 5.86. The minimum atomic E-state index is -3.99. The average molecular weight is 315 g/mol. The van der Waals surface area contributed by atoms with Gasteiger partial charge in [0.15, 0.2) is 0 Å². The molecule has 0 amide bonds. The highest BCUT2D eigenvalue weighted by atomic mass is 32.2. The number of carboxylic acids is 1. The van der Waals surface area contributed by atoms with Crippen LogP contribution in [0.1, 0.15) is 29.8 Å². The van der Waals surface area contributed by atoms with Gasteiger partial charge in [0.2, 0.25) is 10.0 Å². The van der Waals surface area contributed by atoms with E-state index >= 15 is 0 Å². The highest BCUT2D eigenvalue weighted by Crippen LogP contribution is 2.18. The summed E-state index contributed by atoms with van der Waals surface area (Å²) < 4.78 is 31.1. The van der Waals surface area contributed by atoms with Crippen LogP contribution in [-0.2, 0) is 26.0 Å². The molecule has 2 N–H and O–H groups in total. The van der Waals surface area contributed by atoms with E-state index < -0.39 is 28.5 Å². The molecule has 7 nitrogen and oxygen atoms in total. The first-order chi connectivity index (χ1) is 9.81. The number of nitrogens with one attached hydrogen (secondary N) is 1. The van der Waals surface area contributed by atoms with E-state index in [2.05, 4.69) is 9.46 Å². The van der Waals surface area contributed by atoms with Gasteiger partial charge in [-0.1, -0.05) is 13.0 Å². The highest BCUT2D eigenvalue weighted by molar-refractivity contribution is 7.89. The van der Waals surface area contributed by atoms with Crippen LogP contribution in [0.5, 0.6) is 0 Å². The zero-order chi connectivity index (χ0) is 16.0. The normalized spacial score (nSPS) is 11.1. The summed E-state index contributed by atoms with van der Waals surface area (Å²) in [7, 11) is -3.99. The Labute approximate surface area is 123 Å². The van der Waals surface area contributed by atoms with Crippen molar-refractivity contribution in [2.45, 2.75) is 25.2 Å². The molecular weight excluding hydrogens is 298 g/mol. The van der Waals surface area contributed by atoms with Gasteiger partial charge in [0.25, 0.3) is 0 Å². The van der Waals surface area contributed by atoms with Gasteiger partial charge in [-0.15, -0.1) is 0 Å². The maximum Gasteiger partial charge on any atom is 0.335 e. The van der Waals surface area contributed by atoms with Gasteiger partial charge in [-0.05, 0) is 31.0 Å². The summed E-state index contributed by atoms with van der Waals surface area (Å²) in [5, 5.41) is 8.94. The molecule has 1 aromatic carbocycles. The van der Waals surface area contributed by atoms with Crippen molar-refractivity contribution in [2.75, 3.05) is 13.2 Å². The van der Waals surface area contributed by atoms with Gasteiger partial charge in [-0.2, -0.15) is 4.72 Å². The Morgan fingerprint density at radius 3 is 2.48 bits per heavy atom. The van der Waals surface area contributed by atoms with Gasteiger partial charge in [-0.25, -0.2) is 13.2 Å². The Balaban J connectivity index is 3.08. The van der Waals surface area contributed by atoms with Crippen LogP contribution < -0.4 is 4.72 Å². The summed E-state index contributed by atoms with van der Waals surface area (Å²) in [5.74, 6) is -1.92. The van der Waals surface area contributed by atoms with Crippen LogP contribution in [0.2, 0.25) is 0 Å². The summed E-state index contributed by atoms with van der Waals surface area (Å²) in [4.78, 5) is 22.0. The predicted octanol–water partition coefficient (Wildman–Crippen LogP) is 0.789. The Hall–Kier alpha value is -1.93. The SMILES string of the molecule is CCOC(=O)CNS(=O)(=O)c1cc(C(=O)O)ccc1CC. The smallest absolute Gasteiger partial charge is 0.335 e. The lowest BCUT2D eigenvalue weighted by molar-refractivity contribution is -0.141. The third kappa shape index (κ3) is 4.54. The van der Waals surface area contributed by atoms with Crippen LogP contribution in [-0.4, -0.2) is 38.6 Å². The van der Waals surface area contributed by atoms with Gasteiger partial charge in [-0.3, -0.25) is 4.79 Å². The van der Waals surface area contributed by atoms with Gasteiger partial charge >= 0.3 is 11.9 Å². The third-order valence-corrected chi connectivity index (χ3v) is 4.18. The molecule has 0 saturated carbocycles. The molecule has 0 unspecified atom stereocenters. The molecule has 1 rings (SSSR count). The summed E-state index contributed by atoms with van der Waals surface area (Å²) in [6.07, 6.45) is 0.412. The Morgan fingerprint density at radius 2 is 1.95 bits per heavy atom. The number of aryl methyl sites for hydroxylation is 1. The van der Waals surface area contributed by atoms with Crippen LogP contribution in [0.3, 0.4) is 0 Å². The molecule has 116 valence electrons. The second kappa shape index (κ2) is 7.19. The number of rotatable bonds is 7. The molecule has 0 radical (unpaired) electrons. The van der Waals surface area contributed by atoms with Crippen molar-refractivity contribution in [1.82, 2.24) is 4.72 Å². The number of aromatic carboxylic acids is 1. The molecule has 0 spiro atoms. The Bertz CT molecular complexity index is 638. The molecule has 0 bridgehead atoms. The molecule has 0 atom stereocenters. The predicted molar refractivity (Wildman–Crippen MR) is 74.6 cm³/mol. The maximum absolute atomic E-state index is 12.2. The van der Waals surface area contributed by atoms with Crippen molar-refractivity contribution in [2.24, 2.45) is 0 Å². The zero-order valence-electron chi connectivity index (χ0n) is 11.8. The fraction of sp³-hybridized carbons (Fsp3) is 0.385. The molecular formula is C13H17NO6S. The molecule has 8 heteroatoms. The number of ether oxygens (including phenoxy) is 1. The second-order valence-corrected chi connectivity index (χ2v) is 5.85. The quantitative estimate of drug-likeness (QED) is 0.720. The monoisotopic (exact) mass is 315 g/mol. The minimum absolute atomic E-state index is 0.135. The van der Waals surface area contributed by atoms with E-state index in [4.69, 9.17) is 5.11 Å². The standard InChI is InChI=1S/C13H17NO6S/c1-3-9-5-6-10(13(16)17)7-11(9)21(18,19)14-8-12(15)20-4-2/h5-7,14H,3-4,8H2,1-2H3,(H,16,17). The second-order valence-electron chi connectivity index (χ2n) is 4.11. The topological polar surface area (TPSA) is 110 Å². The summed E-state index contributed by atoms with van der Waals surface area (Å²) >= 11 is 0. The highest BCUT2D eigenvalue weighted by Gasteiger charge is 2.21. The van der Waals surface area contributed by atoms with E-state index in [0.717, 1.165) is 6.07 Å². The molecule has 1 aromatic rings. The van der Waals surface area contributed by atoms with E-state index in [0.29, 0.717) is 12.0 Å². The van der Waals surface area contributed by atoms with E-state index in [1.807, 2.05) is 0 Å². The van der Waals surface area contributed by atoms with Crippen molar-refractivity contribution < 1.29 is 27.9 Å². The summed E-state index contributed by atoms with van der Waals surface area (Å²) in [6, 6.07) is 3.86. The fourth-order valence-corrected chi connectivity index (χ4v) is 2.98. The number of carbonyl (C=O) groups excluding carboxylic acids is 1. The summed E-state index contributed by atoms with van der Waals surface area (Å²) in [6.45, 7) is 3.00. The van der Waals surface area contributed by atoms with Gasteiger partial charge < -0.3 is 9.84 Å². The van der Waals surface area contributed by atoms with Crippen LogP contribution in [0.15, 0.2) is 23.1 Å². The molecule has 0 aliphatic rings. The van der Waals surface area contributed by atoms with E-state index in [-0.39, 0.29) is 17.1 Å². The number of hydrogen-bond donors (Lipinski definition) is 2. The van der Waals surface area contributed by atoms with Crippen LogP contribution in [0.25, 0.3) is 0 Å². The van der Waals surface area contributed by atoms with E-state index in [1.165, 1.54) is 12.1 Å². The molecule has 0 fully saturated rings. The minimum Gasteiger partial charge on any atom is -0.478 e. The van der Waals surface area contributed by atoms with Gasteiger partial charge in [0.1, 0.15) is 6.54 Å². The number of sulfonamides is 1. The first-order valence-electron chi connectivity index (χ1n) is 6.33. The van der Waals surface area contributed by atoms with E-state index in [9.17, 15) is 18.0 Å². The van der Waals surface area contributed by atoms with Crippen LogP contribution >= 0.6 is 0 Å². The largest absolute Gasteiger partial charge is 0.478 e. The lowest BCUT2D eigenvalue weighted by Gasteiger charge is -2.11. The molecule has 21 heavy (non-hydrogen) atoms. The number of benzene rings is 1. The molecule has 0 aliphatic carbocycles. The number of carboxylic acid groups (broad SMARTS) is 1. The summed E-state index contributed by atoms with van der Waals surface area (Å²) in [5.41, 5.74) is 0.333. The zero-order valence-corrected chi connectivity index (χ0v) is 12.6. The average Bonchev–Trinajstić information content (AvgIpc) is 2.44. The number of esters is 1. The van der Waals surface area contributed by atoms with Crippen molar-refractivity contribution in [3.63, 3.8) is 0 Å². The third-order valence-electron chi connectivity index (χ3n) is 2.70.